The molecule has 5 rings (SSSR count). The van der Waals surface area contributed by atoms with Crippen LogP contribution in [-0.2, 0) is 6.54 Å². The van der Waals surface area contributed by atoms with Crippen LogP contribution in [0.5, 0.6) is 0 Å². The van der Waals surface area contributed by atoms with E-state index >= 15 is 0 Å². The zero-order valence-electron chi connectivity index (χ0n) is 15.9. The molecule has 1 fully saturated rings. The number of hydrogen-bond donors (Lipinski definition) is 0. The minimum atomic E-state index is 0.750. The summed E-state index contributed by atoms with van der Waals surface area (Å²) < 4.78 is 3.91. The molecule has 3 aromatic heterocycles. The van der Waals surface area contributed by atoms with Gasteiger partial charge in [0.15, 0.2) is 5.65 Å². The Morgan fingerprint density at radius 2 is 1.75 bits per heavy atom. The number of fused-ring (bicyclic) bond motifs is 1. The number of piperazine rings is 1. The first kappa shape index (κ1) is 16.9. The topological polar surface area (TPSA) is 54.5 Å². The van der Waals surface area contributed by atoms with E-state index in [9.17, 15) is 0 Å². The Morgan fingerprint density at radius 3 is 2.57 bits per heavy atom. The summed E-state index contributed by atoms with van der Waals surface area (Å²) in [4.78, 5) is 9.34. The van der Waals surface area contributed by atoms with Gasteiger partial charge in [-0.15, -0.1) is 0 Å². The summed E-state index contributed by atoms with van der Waals surface area (Å²) in [6, 6.07) is 12.4. The Balaban J connectivity index is 1.45. The highest BCUT2D eigenvalue weighted by Gasteiger charge is 2.19. The molecule has 4 heterocycles. The molecule has 0 radical (unpaired) electrons. The third-order valence-electron chi connectivity index (χ3n) is 5.34. The molecule has 0 aliphatic carbocycles. The predicted molar refractivity (Wildman–Crippen MR) is 109 cm³/mol. The van der Waals surface area contributed by atoms with Crippen LogP contribution in [0.4, 0.5) is 5.82 Å². The van der Waals surface area contributed by atoms with E-state index in [0.29, 0.717) is 0 Å². The molecule has 0 bridgehead atoms. The van der Waals surface area contributed by atoms with Crippen molar-refractivity contribution in [3.8, 4) is 11.1 Å². The van der Waals surface area contributed by atoms with E-state index in [-0.39, 0.29) is 0 Å². The van der Waals surface area contributed by atoms with Gasteiger partial charge in [-0.25, -0.2) is 4.98 Å². The van der Waals surface area contributed by atoms with Crippen molar-refractivity contribution < 1.29 is 0 Å². The van der Waals surface area contributed by atoms with Gasteiger partial charge in [0.2, 0.25) is 0 Å². The van der Waals surface area contributed by atoms with Gasteiger partial charge in [0.1, 0.15) is 5.82 Å². The summed E-state index contributed by atoms with van der Waals surface area (Å²) in [6.07, 6.45) is 7.73. The highest BCUT2D eigenvalue weighted by atomic mass is 15.4. The van der Waals surface area contributed by atoms with Crippen LogP contribution in [0.15, 0.2) is 61.2 Å². The maximum atomic E-state index is 4.64. The second-order valence-corrected chi connectivity index (χ2v) is 7.30. The second kappa shape index (κ2) is 7.09. The van der Waals surface area contributed by atoms with E-state index in [2.05, 4.69) is 62.5 Å². The van der Waals surface area contributed by atoms with Crippen LogP contribution in [0.1, 0.15) is 5.56 Å². The minimum Gasteiger partial charge on any atom is -0.354 e. The lowest BCUT2D eigenvalue weighted by atomic mass is 10.2. The molecule has 1 saturated heterocycles. The molecule has 142 valence electrons. The SMILES string of the molecule is CN1CCN(c2ccnc3c(-c4cnn(Cc5ccccc5)c4)cnn23)CC1. The van der Waals surface area contributed by atoms with Gasteiger partial charge < -0.3 is 9.80 Å². The number of benzene rings is 1. The Hall–Kier alpha value is -3.19. The van der Waals surface area contributed by atoms with Crippen LogP contribution in [0.2, 0.25) is 0 Å². The Labute approximate surface area is 163 Å². The number of anilines is 1. The third kappa shape index (κ3) is 3.14. The number of nitrogens with zero attached hydrogens (tertiary/aromatic N) is 7. The molecular weight excluding hydrogens is 350 g/mol. The van der Waals surface area contributed by atoms with Crippen molar-refractivity contribution in [1.82, 2.24) is 29.3 Å². The molecule has 0 unspecified atom stereocenters. The molecule has 28 heavy (non-hydrogen) atoms. The Morgan fingerprint density at radius 1 is 0.929 bits per heavy atom. The summed E-state index contributed by atoms with van der Waals surface area (Å²) in [6.45, 7) is 4.87. The van der Waals surface area contributed by atoms with Crippen molar-refractivity contribution in [2.24, 2.45) is 0 Å². The zero-order valence-corrected chi connectivity index (χ0v) is 15.9. The van der Waals surface area contributed by atoms with Crippen LogP contribution >= 0.6 is 0 Å². The lowest BCUT2D eigenvalue weighted by Crippen LogP contribution is -2.45. The molecule has 0 saturated carbocycles. The van der Waals surface area contributed by atoms with Crippen LogP contribution < -0.4 is 4.90 Å². The standard InChI is InChI=1S/C21H23N7/c1-25-9-11-26(12-10-25)20-7-8-22-21-19(14-24-28(20)21)18-13-23-27(16-18)15-17-5-3-2-4-6-17/h2-8,13-14,16H,9-12,15H2,1H3. The van der Waals surface area contributed by atoms with Gasteiger partial charge in [-0.3, -0.25) is 4.68 Å². The lowest BCUT2D eigenvalue weighted by molar-refractivity contribution is 0.311. The molecule has 0 N–H and O–H groups in total. The van der Waals surface area contributed by atoms with E-state index < -0.39 is 0 Å². The van der Waals surface area contributed by atoms with Crippen molar-refractivity contribution in [2.45, 2.75) is 6.54 Å². The number of aromatic nitrogens is 5. The molecule has 1 aromatic carbocycles. The molecule has 4 aromatic rings. The number of likely N-dealkylation sites (N-methyl/N-ethyl adjacent to an activating group) is 1. The van der Waals surface area contributed by atoms with Gasteiger partial charge in [-0.2, -0.15) is 14.7 Å². The third-order valence-corrected chi connectivity index (χ3v) is 5.34. The highest BCUT2D eigenvalue weighted by Crippen LogP contribution is 2.26. The van der Waals surface area contributed by atoms with Crippen molar-refractivity contribution in [3.05, 3.63) is 66.7 Å². The van der Waals surface area contributed by atoms with E-state index in [0.717, 1.165) is 55.3 Å². The summed E-state index contributed by atoms with van der Waals surface area (Å²) in [7, 11) is 2.17. The van der Waals surface area contributed by atoms with Crippen LogP contribution in [0.25, 0.3) is 16.8 Å². The average molecular weight is 373 g/mol. The molecule has 0 amide bonds. The zero-order chi connectivity index (χ0) is 18.9. The van der Waals surface area contributed by atoms with Crippen molar-refractivity contribution >= 4 is 11.5 Å². The van der Waals surface area contributed by atoms with Crippen LogP contribution in [-0.4, -0.2) is 62.5 Å². The molecular formula is C21H23N7. The van der Waals surface area contributed by atoms with E-state index in [1.807, 2.05) is 39.9 Å². The second-order valence-electron chi connectivity index (χ2n) is 7.30. The molecule has 0 atom stereocenters. The monoisotopic (exact) mass is 373 g/mol. The summed E-state index contributed by atoms with van der Waals surface area (Å²) in [5.41, 5.74) is 4.15. The first-order valence-corrected chi connectivity index (χ1v) is 9.61. The Bertz CT molecular complexity index is 1070. The smallest absolute Gasteiger partial charge is 0.165 e. The van der Waals surface area contributed by atoms with Gasteiger partial charge in [0, 0.05) is 49.7 Å². The fraction of sp³-hybridized carbons (Fsp3) is 0.286. The van der Waals surface area contributed by atoms with Crippen LogP contribution in [0, 0.1) is 0 Å². The van der Waals surface area contributed by atoms with E-state index in [1.54, 1.807) is 0 Å². The van der Waals surface area contributed by atoms with E-state index in [4.69, 9.17) is 0 Å². The molecule has 7 nitrogen and oxygen atoms in total. The molecule has 7 heteroatoms. The van der Waals surface area contributed by atoms with Gasteiger partial charge in [0.05, 0.1) is 18.9 Å². The van der Waals surface area contributed by atoms with Crippen molar-refractivity contribution in [2.75, 3.05) is 38.1 Å². The van der Waals surface area contributed by atoms with Gasteiger partial charge >= 0.3 is 0 Å². The molecule has 1 aliphatic rings. The number of rotatable bonds is 4. The highest BCUT2D eigenvalue weighted by molar-refractivity contribution is 5.77. The quantitative estimate of drug-likeness (QED) is 0.550. The number of hydrogen-bond acceptors (Lipinski definition) is 5. The largest absolute Gasteiger partial charge is 0.354 e. The molecule has 1 aliphatic heterocycles. The van der Waals surface area contributed by atoms with Gasteiger partial charge in [0.25, 0.3) is 0 Å². The molecule has 0 spiro atoms. The van der Waals surface area contributed by atoms with Gasteiger partial charge in [-0.1, -0.05) is 30.3 Å². The minimum absolute atomic E-state index is 0.750. The summed E-state index contributed by atoms with van der Waals surface area (Å²) in [5.74, 6) is 1.10. The van der Waals surface area contributed by atoms with E-state index in [1.165, 1.54) is 5.56 Å². The van der Waals surface area contributed by atoms with Crippen molar-refractivity contribution in [1.29, 1.82) is 0 Å². The Kier molecular flexibility index (Phi) is 4.29. The predicted octanol–water partition coefficient (Wildman–Crippen LogP) is 2.39. The summed E-state index contributed by atoms with van der Waals surface area (Å²) >= 11 is 0. The maximum absolute atomic E-state index is 4.64. The first-order chi connectivity index (χ1) is 13.8. The average Bonchev–Trinajstić information content (AvgIpc) is 3.36. The summed E-state index contributed by atoms with van der Waals surface area (Å²) in [5, 5.41) is 9.18. The lowest BCUT2D eigenvalue weighted by Gasteiger charge is -2.33. The fourth-order valence-corrected chi connectivity index (χ4v) is 3.72. The van der Waals surface area contributed by atoms with Gasteiger partial charge in [-0.05, 0) is 18.7 Å². The normalized spacial score (nSPS) is 15.4. The maximum Gasteiger partial charge on any atom is 0.165 e. The first-order valence-electron chi connectivity index (χ1n) is 9.61. The van der Waals surface area contributed by atoms with Crippen LogP contribution in [0.3, 0.4) is 0 Å². The fourth-order valence-electron chi connectivity index (χ4n) is 3.72. The van der Waals surface area contributed by atoms with Crippen molar-refractivity contribution in [3.63, 3.8) is 0 Å².